The number of anilines is 1. The minimum Gasteiger partial charge on any atom is -0.338 e. The number of carbonyl (C=O) groups is 2. The molecule has 1 aromatic rings. The van der Waals surface area contributed by atoms with Gasteiger partial charge in [-0.15, -0.1) is 0 Å². The highest BCUT2D eigenvalue weighted by molar-refractivity contribution is 5.93. The maximum Gasteiger partial charge on any atom is 0.228 e. The molecule has 0 atom stereocenters. The monoisotopic (exact) mass is 290 g/mol. The van der Waals surface area contributed by atoms with Crippen molar-refractivity contribution in [1.29, 1.82) is 0 Å². The Morgan fingerprint density at radius 2 is 1.67 bits per heavy atom. The van der Waals surface area contributed by atoms with E-state index in [1.54, 1.807) is 16.7 Å². The maximum atomic E-state index is 12.4. The van der Waals surface area contributed by atoms with E-state index in [0.717, 1.165) is 5.69 Å². The van der Waals surface area contributed by atoms with Gasteiger partial charge in [0.15, 0.2) is 0 Å². The van der Waals surface area contributed by atoms with Crippen LogP contribution in [0.15, 0.2) is 30.3 Å². The Kier molecular flexibility index (Phi) is 5.94. The molecule has 1 aromatic carbocycles. The molecular weight excluding hydrogens is 264 g/mol. The van der Waals surface area contributed by atoms with Gasteiger partial charge in [-0.3, -0.25) is 9.59 Å². The second-order valence-electron chi connectivity index (χ2n) is 6.07. The molecule has 0 aliphatic carbocycles. The number of benzene rings is 1. The summed E-state index contributed by atoms with van der Waals surface area (Å²) in [6.07, 6.45) is 0.333. The van der Waals surface area contributed by atoms with Gasteiger partial charge in [0, 0.05) is 37.7 Å². The lowest BCUT2D eigenvalue weighted by Gasteiger charge is -2.35. The third-order valence-corrected chi connectivity index (χ3v) is 3.42. The number of nitrogens with zero attached hydrogens (tertiary/aromatic N) is 2. The number of hydrogen-bond donors (Lipinski definition) is 0. The molecule has 116 valence electrons. The van der Waals surface area contributed by atoms with Gasteiger partial charge in [0.25, 0.3) is 0 Å². The van der Waals surface area contributed by atoms with Crippen molar-refractivity contribution in [3.05, 3.63) is 30.3 Å². The summed E-state index contributed by atoms with van der Waals surface area (Å²) in [5.74, 6) is 0.0391. The van der Waals surface area contributed by atoms with E-state index >= 15 is 0 Å². The molecule has 0 saturated heterocycles. The van der Waals surface area contributed by atoms with Crippen LogP contribution in [-0.2, 0) is 9.59 Å². The van der Waals surface area contributed by atoms with Gasteiger partial charge in [-0.25, -0.2) is 0 Å². The molecule has 0 heterocycles. The molecule has 0 unspecified atom stereocenters. The largest absolute Gasteiger partial charge is 0.338 e. The summed E-state index contributed by atoms with van der Waals surface area (Å²) in [6.45, 7) is 10.5. The van der Waals surface area contributed by atoms with Gasteiger partial charge in [0.1, 0.15) is 0 Å². The van der Waals surface area contributed by atoms with Crippen molar-refractivity contribution in [3.8, 4) is 0 Å². The van der Waals surface area contributed by atoms with Gasteiger partial charge in [0.2, 0.25) is 11.8 Å². The summed E-state index contributed by atoms with van der Waals surface area (Å²) in [4.78, 5) is 27.6. The zero-order valence-electron chi connectivity index (χ0n) is 13.7. The SMILES string of the molecule is CCN(C(=O)CCN(C(C)=O)C(C)(C)C)c1ccccc1. The molecule has 0 saturated carbocycles. The van der Waals surface area contributed by atoms with Gasteiger partial charge < -0.3 is 9.80 Å². The van der Waals surface area contributed by atoms with Crippen molar-refractivity contribution in [2.24, 2.45) is 0 Å². The molecule has 0 spiro atoms. The lowest BCUT2D eigenvalue weighted by atomic mass is 10.1. The summed E-state index contributed by atoms with van der Waals surface area (Å²) >= 11 is 0. The molecule has 0 aliphatic rings. The molecule has 4 heteroatoms. The van der Waals surface area contributed by atoms with Crippen LogP contribution in [0.4, 0.5) is 5.69 Å². The van der Waals surface area contributed by atoms with Crippen molar-refractivity contribution in [2.45, 2.75) is 46.6 Å². The quantitative estimate of drug-likeness (QED) is 0.836. The highest BCUT2D eigenvalue weighted by Crippen LogP contribution is 2.17. The molecule has 0 bridgehead atoms. The number of amides is 2. The summed E-state index contributed by atoms with van der Waals surface area (Å²) in [7, 11) is 0. The van der Waals surface area contributed by atoms with Crippen LogP contribution in [-0.4, -0.2) is 35.3 Å². The molecule has 21 heavy (non-hydrogen) atoms. The average Bonchev–Trinajstić information content (AvgIpc) is 2.39. The zero-order chi connectivity index (χ0) is 16.0. The predicted octanol–water partition coefficient (Wildman–Crippen LogP) is 3.08. The lowest BCUT2D eigenvalue weighted by Crippen LogP contribution is -2.46. The third kappa shape index (κ3) is 4.88. The van der Waals surface area contributed by atoms with E-state index in [9.17, 15) is 9.59 Å². The van der Waals surface area contributed by atoms with Crippen molar-refractivity contribution in [2.75, 3.05) is 18.0 Å². The summed E-state index contributed by atoms with van der Waals surface area (Å²) in [5.41, 5.74) is 0.630. The number of para-hydroxylation sites is 1. The van der Waals surface area contributed by atoms with Crippen LogP contribution in [0, 0.1) is 0 Å². The van der Waals surface area contributed by atoms with Crippen LogP contribution in [0.1, 0.15) is 41.0 Å². The van der Waals surface area contributed by atoms with E-state index in [4.69, 9.17) is 0 Å². The summed E-state index contributed by atoms with van der Waals surface area (Å²) in [5, 5.41) is 0. The fraction of sp³-hybridized carbons (Fsp3) is 0.529. The van der Waals surface area contributed by atoms with Crippen molar-refractivity contribution in [3.63, 3.8) is 0 Å². The molecular formula is C17H26N2O2. The van der Waals surface area contributed by atoms with Crippen LogP contribution in [0.5, 0.6) is 0 Å². The zero-order valence-corrected chi connectivity index (χ0v) is 13.7. The van der Waals surface area contributed by atoms with Gasteiger partial charge >= 0.3 is 0 Å². The van der Waals surface area contributed by atoms with Gasteiger partial charge in [0.05, 0.1) is 0 Å². The van der Waals surface area contributed by atoms with E-state index in [-0.39, 0.29) is 17.4 Å². The van der Waals surface area contributed by atoms with Crippen molar-refractivity contribution < 1.29 is 9.59 Å². The van der Waals surface area contributed by atoms with E-state index in [2.05, 4.69) is 0 Å². The standard InChI is InChI=1S/C17H26N2O2/c1-6-18(15-10-8-7-9-11-15)16(21)12-13-19(14(2)20)17(3,4)5/h7-11H,6,12-13H2,1-5H3. The molecule has 0 radical (unpaired) electrons. The van der Waals surface area contributed by atoms with E-state index in [1.165, 1.54) is 0 Å². The summed E-state index contributed by atoms with van der Waals surface area (Å²) in [6, 6.07) is 9.62. The minimum absolute atomic E-state index is 0.00180. The smallest absolute Gasteiger partial charge is 0.228 e. The predicted molar refractivity (Wildman–Crippen MR) is 86.2 cm³/mol. The summed E-state index contributed by atoms with van der Waals surface area (Å²) < 4.78 is 0. The van der Waals surface area contributed by atoms with Crippen LogP contribution in [0.25, 0.3) is 0 Å². The van der Waals surface area contributed by atoms with Crippen LogP contribution in [0.2, 0.25) is 0 Å². The average molecular weight is 290 g/mol. The Morgan fingerprint density at radius 3 is 2.10 bits per heavy atom. The molecule has 0 aromatic heterocycles. The van der Waals surface area contributed by atoms with E-state index in [1.807, 2.05) is 58.0 Å². The first kappa shape index (κ1) is 17.2. The second kappa shape index (κ2) is 7.25. The fourth-order valence-corrected chi connectivity index (χ4v) is 2.42. The van der Waals surface area contributed by atoms with Crippen molar-refractivity contribution in [1.82, 2.24) is 4.90 Å². The Morgan fingerprint density at radius 1 is 1.10 bits per heavy atom. The topological polar surface area (TPSA) is 40.6 Å². The molecule has 4 nitrogen and oxygen atoms in total. The Bertz CT molecular complexity index is 477. The first-order chi connectivity index (χ1) is 9.77. The van der Waals surface area contributed by atoms with Crippen LogP contribution < -0.4 is 4.90 Å². The van der Waals surface area contributed by atoms with E-state index < -0.39 is 0 Å². The van der Waals surface area contributed by atoms with E-state index in [0.29, 0.717) is 19.5 Å². The number of rotatable bonds is 5. The highest BCUT2D eigenvalue weighted by atomic mass is 16.2. The van der Waals surface area contributed by atoms with Crippen LogP contribution in [0.3, 0.4) is 0 Å². The third-order valence-electron chi connectivity index (χ3n) is 3.42. The molecule has 2 amide bonds. The number of carbonyl (C=O) groups excluding carboxylic acids is 2. The first-order valence-corrected chi connectivity index (χ1v) is 7.41. The molecule has 0 N–H and O–H groups in total. The van der Waals surface area contributed by atoms with Gasteiger partial charge in [-0.05, 0) is 39.8 Å². The molecule has 1 rings (SSSR count). The molecule has 0 fully saturated rings. The Labute approximate surface area is 127 Å². The Balaban J connectivity index is 2.73. The number of hydrogen-bond acceptors (Lipinski definition) is 2. The minimum atomic E-state index is -0.268. The maximum absolute atomic E-state index is 12.4. The fourth-order valence-electron chi connectivity index (χ4n) is 2.42. The van der Waals surface area contributed by atoms with Crippen LogP contribution >= 0.6 is 0 Å². The highest BCUT2D eigenvalue weighted by Gasteiger charge is 2.25. The second-order valence-corrected chi connectivity index (χ2v) is 6.07. The Hall–Kier alpha value is -1.84. The van der Waals surface area contributed by atoms with Gasteiger partial charge in [-0.1, -0.05) is 18.2 Å². The van der Waals surface area contributed by atoms with Gasteiger partial charge in [-0.2, -0.15) is 0 Å². The first-order valence-electron chi connectivity index (χ1n) is 7.41. The lowest BCUT2D eigenvalue weighted by molar-refractivity contribution is -0.134. The van der Waals surface area contributed by atoms with Crippen molar-refractivity contribution >= 4 is 17.5 Å². The normalized spacial score (nSPS) is 11.1. The molecule has 0 aliphatic heterocycles.